The average molecular weight is 109 g/mol. The summed E-state index contributed by atoms with van der Waals surface area (Å²) >= 11 is 0. The Bertz CT molecular complexity index is 94.7. The van der Waals surface area contributed by atoms with Crippen LogP contribution in [0.2, 0.25) is 12.1 Å². The van der Waals surface area contributed by atoms with E-state index in [2.05, 4.69) is 7.28 Å². The summed E-state index contributed by atoms with van der Waals surface area (Å²) in [6, 6.07) is 0. The number of rotatable bonds is 1. The molecule has 0 aromatic carbocycles. The van der Waals surface area contributed by atoms with Crippen LogP contribution in [0.25, 0.3) is 0 Å². The third-order valence-corrected chi connectivity index (χ3v) is 1.69. The lowest BCUT2D eigenvalue weighted by atomic mass is 9.66. The van der Waals surface area contributed by atoms with Gasteiger partial charge in [0.1, 0.15) is 13.1 Å². The number of ketones is 1. The fourth-order valence-electron chi connectivity index (χ4n) is 1.14. The van der Waals surface area contributed by atoms with E-state index in [-0.39, 0.29) is 0 Å². The van der Waals surface area contributed by atoms with E-state index in [9.17, 15) is 4.79 Å². The van der Waals surface area contributed by atoms with Crippen LogP contribution in [0.4, 0.5) is 0 Å². The molecule has 0 spiro atoms. The number of carbonyl (C=O) groups excluding carboxylic acids is 1. The molecule has 1 fully saturated rings. The molecule has 0 N–H and O–H groups in total. The van der Waals surface area contributed by atoms with E-state index >= 15 is 0 Å². The fraction of sp³-hybridized carbons (Fsp3) is 0.833. The first kappa shape index (κ1) is 5.86. The van der Waals surface area contributed by atoms with E-state index < -0.39 is 0 Å². The zero-order valence-corrected chi connectivity index (χ0v) is 5.18. The first-order valence-electron chi connectivity index (χ1n) is 3.14. The first-order chi connectivity index (χ1) is 3.80. The minimum absolute atomic E-state index is 0.301. The van der Waals surface area contributed by atoms with Gasteiger partial charge in [0, 0.05) is 0 Å². The van der Waals surface area contributed by atoms with Gasteiger partial charge in [-0.05, 0) is 12.7 Å². The molecule has 43 valence electrons. The van der Waals surface area contributed by atoms with Gasteiger partial charge < -0.3 is 4.79 Å². The van der Waals surface area contributed by atoms with Gasteiger partial charge >= 0.3 is 0 Å². The molecule has 0 bridgehead atoms. The van der Waals surface area contributed by atoms with Crippen molar-refractivity contribution in [1.82, 2.24) is 0 Å². The molecule has 1 aliphatic rings. The van der Waals surface area contributed by atoms with Crippen molar-refractivity contribution >= 4 is 13.1 Å². The van der Waals surface area contributed by atoms with E-state index in [1.54, 1.807) is 6.92 Å². The van der Waals surface area contributed by atoms with Crippen LogP contribution >= 0.6 is 0 Å². The fourth-order valence-corrected chi connectivity index (χ4v) is 1.14. The van der Waals surface area contributed by atoms with Gasteiger partial charge in [0.2, 0.25) is 0 Å². The van der Waals surface area contributed by atoms with E-state index in [0.29, 0.717) is 11.6 Å². The van der Waals surface area contributed by atoms with Crippen molar-refractivity contribution in [3.63, 3.8) is 0 Å². The maximum absolute atomic E-state index is 10.6. The number of carbonyl (C=O) groups is 1. The van der Waals surface area contributed by atoms with Crippen LogP contribution in [-0.2, 0) is 4.79 Å². The summed E-state index contributed by atoms with van der Waals surface area (Å²) in [6.07, 6.45) is 3.45. The highest BCUT2D eigenvalue weighted by Gasteiger charge is 2.19. The van der Waals surface area contributed by atoms with Crippen molar-refractivity contribution in [3.8, 4) is 0 Å². The molecule has 1 unspecified atom stereocenters. The lowest BCUT2D eigenvalue weighted by Crippen LogP contribution is -2.04. The Hall–Kier alpha value is -0.265. The largest absolute Gasteiger partial charge is 0.301 e. The molecule has 1 nitrogen and oxygen atoms in total. The van der Waals surface area contributed by atoms with Gasteiger partial charge in [0.25, 0.3) is 0 Å². The maximum atomic E-state index is 10.6. The molecule has 1 rings (SSSR count). The number of hydrogen-bond acceptors (Lipinski definition) is 1. The standard InChI is InChI=1S/C6H10BO/c1-5(8)6-3-2-4-7-6/h6H,2-4H2,1H3. The predicted octanol–water partition coefficient (Wildman–Crippen LogP) is 1.28. The smallest absolute Gasteiger partial charge is 0.125 e. The van der Waals surface area contributed by atoms with Gasteiger partial charge in [-0.15, -0.1) is 0 Å². The summed E-state index contributed by atoms with van der Waals surface area (Å²) in [7, 11) is 2.13. The van der Waals surface area contributed by atoms with Gasteiger partial charge in [-0.1, -0.05) is 19.2 Å². The second-order valence-corrected chi connectivity index (χ2v) is 2.38. The number of hydrogen-bond donors (Lipinski definition) is 0. The molecule has 0 amide bonds. The molecule has 1 atom stereocenters. The molecule has 0 aromatic heterocycles. The van der Waals surface area contributed by atoms with Crippen LogP contribution in [0.3, 0.4) is 0 Å². The Morgan fingerprint density at radius 1 is 1.75 bits per heavy atom. The summed E-state index contributed by atoms with van der Waals surface area (Å²) in [4.78, 5) is 10.6. The molecule has 1 heterocycles. The Balaban J connectivity index is 2.35. The minimum Gasteiger partial charge on any atom is -0.301 e. The molecular formula is C6H10BO. The van der Waals surface area contributed by atoms with Gasteiger partial charge in [-0.3, -0.25) is 0 Å². The summed E-state index contributed by atoms with van der Waals surface area (Å²) in [5.74, 6) is 0.637. The lowest BCUT2D eigenvalue weighted by molar-refractivity contribution is -0.116. The Kier molecular flexibility index (Phi) is 1.71. The third-order valence-electron chi connectivity index (χ3n) is 1.69. The van der Waals surface area contributed by atoms with Crippen LogP contribution in [-0.4, -0.2) is 13.1 Å². The van der Waals surface area contributed by atoms with E-state index in [4.69, 9.17) is 0 Å². The highest BCUT2D eigenvalue weighted by Crippen LogP contribution is 2.23. The van der Waals surface area contributed by atoms with Crippen LogP contribution in [0.15, 0.2) is 0 Å². The zero-order valence-electron chi connectivity index (χ0n) is 5.18. The second kappa shape index (κ2) is 2.34. The van der Waals surface area contributed by atoms with Gasteiger partial charge in [-0.2, -0.15) is 0 Å². The van der Waals surface area contributed by atoms with Crippen LogP contribution in [0.1, 0.15) is 19.8 Å². The lowest BCUT2D eigenvalue weighted by Gasteiger charge is -1.98. The first-order valence-corrected chi connectivity index (χ1v) is 3.14. The van der Waals surface area contributed by atoms with Crippen molar-refractivity contribution in [2.24, 2.45) is 0 Å². The van der Waals surface area contributed by atoms with Crippen molar-refractivity contribution < 1.29 is 4.79 Å². The summed E-state index contributed by atoms with van der Waals surface area (Å²) in [5.41, 5.74) is 0. The van der Waals surface area contributed by atoms with Gasteiger partial charge in [-0.25, -0.2) is 0 Å². The second-order valence-electron chi connectivity index (χ2n) is 2.38. The van der Waals surface area contributed by atoms with E-state index in [1.165, 1.54) is 6.42 Å². The predicted molar refractivity (Wildman–Crippen MR) is 34.2 cm³/mol. The minimum atomic E-state index is 0.301. The molecule has 1 saturated heterocycles. The SMILES string of the molecule is CC(=O)C1[B]CCC1. The van der Waals surface area contributed by atoms with Crippen molar-refractivity contribution in [2.75, 3.05) is 0 Å². The van der Waals surface area contributed by atoms with Gasteiger partial charge in [0.05, 0.1) is 0 Å². The summed E-state index contributed by atoms with van der Waals surface area (Å²) in [5, 5.41) is 0. The normalized spacial score (nSPS) is 27.4. The molecule has 1 aliphatic heterocycles. The van der Waals surface area contributed by atoms with Crippen molar-refractivity contribution in [1.29, 1.82) is 0 Å². The maximum Gasteiger partial charge on any atom is 0.125 e. The van der Waals surface area contributed by atoms with Crippen molar-refractivity contribution in [2.45, 2.75) is 31.9 Å². The highest BCUT2D eigenvalue weighted by atomic mass is 16.1. The highest BCUT2D eigenvalue weighted by molar-refractivity contribution is 6.45. The molecule has 0 aromatic rings. The topological polar surface area (TPSA) is 17.1 Å². The molecular weight excluding hydrogens is 98.9 g/mol. The Morgan fingerprint density at radius 2 is 2.50 bits per heavy atom. The molecule has 8 heavy (non-hydrogen) atoms. The van der Waals surface area contributed by atoms with E-state index in [1.807, 2.05) is 0 Å². The van der Waals surface area contributed by atoms with Crippen LogP contribution in [0.5, 0.6) is 0 Å². The number of Topliss-reactive ketones (excluding diaryl/α,β-unsaturated/α-hetero) is 1. The Labute approximate surface area is 50.7 Å². The monoisotopic (exact) mass is 109 g/mol. The quantitative estimate of drug-likeness (QED) is 0.463. The molecule has 0 aliphatic carbocycles. The molecule has 2 heteroatoms. The third kappa shape index (κ3) is 1.12. The Morgan fingerprint density at radius 3 is 2.75 bits per heavy atom. The van der Waals surface area contributed by atoms with E-state index in [0.717, 1.165) is 12.7 Å². The average Bonchev–Trinajstić information content (AvgIpc) is 2.12. The summed E-state index contributed by atoms with van der Waals surface area (Å²) in [6.45, 7) is 1.67. The van der Waals surface area contributed by atoms with Crippen molar-refractivity contribution in [3.05, 3.63) is 0 Å². The van der Waals surface area contributed by atoms with Crippen LogP contribution < -0.4 is 0 Å². The van der Waals surface area contributed by atoms with Crippen LogP contribution in [0, 0.1) is 0 Å². The zero-order chi connectivity index (χ0) is 5.98. The molecule has 0 saturated carbocycles. The molecule has 1 radical (unpaired) electrons. The van der Waals surface area contributed by atoms with Gasteiger partial charge in [0.15, 0.2) is 0 Å². The summed E-state index contributed by atoms with van der Waals surface area (Å²) < 4.78 is 0.